The second-order valence-corrected chi connectivity index (χ2v) is 8.56. The Morgan fingerprint density at radius 1 is 1.41 bits per heavy atom. The maximum atomic E-state index is 12.8. The molecule has 14 heteroatoms. The maximum Gasteiger partial charge on any atom is 0.357 e. The standard InChI is InChI=1S/C18H21N5O7S2/c1-4-11(29-8(2)24)30-17(27)10-5-6-31-16-13(15(26)23(10)16)21-14(25)12(22-28-3)9-7-32-18(19)20-9/h5,7,11,13,16H,4,6H2,1-3H3,(H2,19,20)(H,21,25)/t11?,13?,16-/m0/s1. The Bertz CT molecular complexity index is 992. The Balaban J connectivity index is 1.68. The minimum atomic E-state index is -1.06. The number of carbonyl (C=O) groups is 4. The first-order valence-electron chi connectivity index (χ1n) is 9.43. The number of thiazole rings is 1. The molecule has 32 heavy (non-hydrogen) atoms. The van der Waals surface area contributed by atoms with Crippen LogP contribution in [0.25, 0.3) is 0 Å². The zero-order valence-corrected chi connectivity index (χ0v) is 19.0. The van der Waals surface area contributed by atoms with Gasteiger partial charge < -0.3 is 25.4 Å². The molecule has 172 valence electrons. The molecule has 3 heterocycles. The maximum absolute atomic E-state index is 12.8. The molecule has 0 bridgehead atoms. The molecule has 2 aliphatic rings. The average molecular weight is 484 g/mol. The van der Waals surface area contributed by atoms with Crippen molar-refractivity contribution in [3.63, 3.8) is 0 Å². The van der Waals surface area contributed by atoms with Crippen LogP contribution in [0.4, 0.5) is 5.13 Å². The molecule has 12 nitrogen and oxygen atoms in total. The summed E-state index contributed by atoms with van der Waals surface area (Å²) in [6, 6.07) is -0.891. The van der Waals surface area contributed by atoms with Crippen LogP contribution in [-0.2, 0) is 33.5 Å². The van der Waals surface area contributed by atoms with Crippen molar-refractivity contribution in [3.8, 4) is 0 Å². The summed E-state index contributed by atoms with van der Waals surface area (Å²) in [5.41, 5.74) is 5.73. The van der Waals surface area contributed by atoms with E-state index in [1.165, 1.54) is 30.7 Å². The summed E-state index contributed by atoms with van der Waals surface area (Å²) in [4.78, 5) is 59.2. The number of nitrogens with two attached hydrogens (primary N) is 1. The minimum absolute atomic E-state index is 0.0351. The summed E-state index contributed by atoms with van der Waals surface area (Å²) < 4.78 is 10.1. The van der Waals surface area contributed by atoms with Gasteiger partial charge in [0, 0.05) is 24.5 Å². The molecule has 0 saturated carbocycles. The normalized spacial score (nSPS) is 21.0. The van der Waals surface area contributed by atoms with Crippen LogP contribution in [0, 0.1) is 0 Å². The minimum Gasteiger partial charge on any atom is -0.425 e. The lowest BCUT2D eigenvalue weighted by atomic mass is 10.0. The van der Waals surface area contributed by atoms with Crippen molar-refractivity contribution >= 4 is 57.7 Å². The number of aromatic nitrogens is 1. The highest BCUT2D eigenvalue weighted by Crippen LogP contribution is 2.38. The number of β-lactam (4-membered cyclic amide) rings is 1. The Morgan fingerprint density at radius 2 is 2.16 bits per heavy atom. The lowest BCUT2D eigenvalue weighted by molar-refractivity contribution is -0.186. The molecular weight excluding hydrogens is 462 g/mol. The third-order valence-corrected chi connectivity index (χ3v) is 6.23. The van der Waals surface area contributed by atoms with Crippen molar-refractivity contribution in [1.29, 1.82) is 0 Å². The van der Waals surface area contributed by atoms with Gasteiger partial charge in [0.2, 0.25) is 6.29 Å². The van der Waals surface area contributed by atoms with E-state index in [2.05, 4.69) is 15.5 Å². The Labute approximate surface area is 191 Å². The predicted molar refractivity (Wildman–Crippen MR) is 115 cm³/mol. The number of fused-ring (bicyclic) bond motifs is 1. The number of hydrogen-bond donors (Lipinski definition) is 2. The smallest absolute Gasteiger partial charge is 0.357 e. The molecule has 0 radical (unpaired) electrons. The molecule has 1 aromatic heterocycles. The van der Waals surface area contributed by atoms with Crippen LogP contribution in [0.15, 0.2) is 22.3 Å². The van der Waals surface area contributed by atoms with Crippen molar-refractivity contribution in [2.45, 2.75) is 38.0 Å². The number of nitrogens with one attached hydrogen (secondary N) is 1. The van der Waals surface area contributed by atoms with E-state index in [-0.39, 0.29) is 28.7 Å². The lowest BCUT2D eigenvalue weighted by Crippen LogP contribution is -2.70. The molecule has 3 N–H and O–H groups in total. The number of thioether (sulfide) groups is 1. The first-order valence-corrected chi connectivity index (χ1v) is 11.4. The van der Waals surface area contributed by atoms with E-state index in [4.69, 9.17) is 20.0 Å². The summed E-state index contributed by atoms with van der Waals surface area (Å²) in [6.07, 6.45) is 0.751. The third kappa shape index (κ3) is 4.85. The van der Waals surface area contributed by atoms with Crippen LogP contribution in [0.3, 0.4) is 0 Å². The Hall–Kier alpha value is -3.13. The monoisotopic (exact) mass is 483 g/mol. The van der Waals surface area contributed by atoms with Gasteiger partial charge in [-0.15, -0.1) is 23.1 Å². The van der Waals surface area contributed by atoms with E-state index >= 15 is 0 Å². The van der Waals surface area contributed by atoms with Gasteiger partial charge in [-0.1, -0.05) is 12.1 Å². The zero-order valence-electron chi connectivity index (χ0n) is 17.4. The molecule has 0 aromatic carbocycles. The largest absolute Gasteiger partial charge is 0.425 e. The number of hydrogen-bond acceptors (Lipinski definition) is 12. The number of oxime groups is 1. The van der Waals surface area contributed by atoms with Gasteiger partial charge in [-0.05, 0) is 6.08 Å². The third-order valence-electron chi connectivity index (χ3n) is 4.37. The molecule has 2 aliphatic heterocycles. The molecule has 3 atom stereocenters. The highest BCUT2D eigenvalue weighted by atomic mass is 32.2. The fraction of sp³-hybridized carbons (Fsp3) is 0.444. The number of nitrogen functional groups attached to an aromatic ring is 1. The zero-order chi connectivity index (χ0) is 23.4. The number of nitrogens with zero attached hydrogens (tertiary/aromatic N) is 3. The highest BCUT2D eigenvalue weighted by molar-refractivity contribution is 8.00. The topological polar surface area (TPSA) is 163 Å². The second-order valence-electron chi connectivity index (χ2n) is 6.52. The average Bonchev–Trinajstić information content (AvgIpc) is 3.19. The number of rotatable bonds is 8. The fourth-order valence-corrected chi connectivity index (χ4v) is 4.73. The van der Waals surface area contributed by atoms with Crippen LogP contribution in [0.2, 0.25) is 0 Å². The lowest BCUT2D eigenvalue weighted by Gasteiger charge is -2.48. The highest BCUT2D eigenvalue weighted by Gasteiger charge is 2.53. The van der Waals surface area contributed by atoms with Gasteiger partial charge in [0.05, 0.1) is 0 Å². The molecule has 3 rings (SSSR count). The molecule has 2 unspecified atom stereocenters. The van der Waals surface area contributed by atoms with Crippen molar-refractivity contribution in [3.05, 3.63) is 22.8 Å². The number of anilines is 1. The molecule has 1 saturated heterocycles. The summed E-state index contributed by atoms with van der Waals surface area (Å²) in [7, 11) is 1.28. The molecule has 0 spiro atoms. The second kappa shape index (κ2) is 9.99. The molecule has 0 aliphatic carbocycles. The summed E-state index contributed by atoms with van der Waals surface area (Å²) in [6.45, 7) is 2.89. The van der Waals surface area contributed by atoms with Gasteiger partial charge in [-0.2, -0.15) is 0 Å². The summed E-state index contributed by atoms with van der Waals surface area (Å²) in [5.74, 6) is -2.13. The quantitative estimate of drug-likeness (QED) is 0.172. The van der Waals surface area contributed by atoms with E-state index in [9.17, 15) is 19.2 Å². The van der Waals surface area contributed by atoms with Gasteiger partial charge in [0.25, 0.3) is 11.8 Å². The molecule has 1 aromatic rings. The first kappa shape index (κ1) is 23.5. The Kier molecular flexibility index (Phi) is 7.35. The molecular formula is C18H21N5O7S2. The van der Waals surface area contributed by atoms with Crippen LogP contribution >= 0.6 is 23.1 Å². The van der Waals surface area contributed by atoms with Crippen molar-refractivity contribution < 1.29 is 33.5 Å². The van der Waals surface area contributed by atoms with Crippen molar-refractivity contribution in [2.24, 2.45) is 5.16 Å². The number of amides is 2. The van der Waals surface area contributed by atoms with Crippen LogP contribution in [-0.4, -0.2) is 69.9 Å². The van der Waals surface area contributed by atoms with E-state index in [1.54, 1.807) is 18.4 Å². The molecule has 2 amide bonds. The molecule has 1 fully saturated rings. The summed E-state index contributed by atoms with van der Waals surface area (Å²) >= 11 is 2.49. The van der Waals surface area contributed by atoms with E-state index in [1.807, 2.05) is 0 Å². The van der Waals surface area contributed by atoms with E-state index in [0.717, 1.165) is 11.3 Å². The fourth-order valence-electron chi connectivity index (χ4n) is 2.99. The van der Waals surface area contributed by atoms with Gasteiger partial charge in [-0.3, -0.25) is 19.3 Å². The van der Waals surface area contributed by atoms with Gasteiger partial charge >= 0.3 is 11.9 Å². The number of esters is 2. The SMILES string of the molecule is CCC(OC(C)=O)OC(=O)C1=CCS[C@H]2C(NC(=O)C(=NOC)c3csc(N)n3)C(=O)N12. The van der Waals surface area contributed by atoms with Crippen LogP contribution in [0.1, 0.15) is 26.0 Å². The van der Waals surface area contributed by atoms with Gasteiger partial charge in [0.1, 0.15) is 29.9 Å². The number of ether oxygens (including phenoxy) is 2. The van der Waals surface area contributed by atoms with E-state index in [0.29, 0.717) is 5.75 Å². The van der Waals surface area contributed by atoms with Gasteiger partial charge in [-0.25, -0.2) is 9.78 Å². The van der Waals surface area contributed by atoms with Crippen molar-refractivity contribution in [2.75, 3.05) is 18.6 Å². The Morgan fingerprint density at radius 3 is 2.75 bits per heavy atom. The summed E-state index contributed by atoms with van der Waals surface area (Å²) in [5, 5.41) is 7.57. The van der Waals surface area contributed by atoms with Crippen LogP contribution < -0.4 is 11.1 Å². The first-order chi connectivity index (χ1) is 15.3. The number of carbonyl (C=O) groups excluding carboxylic acids is 4. The van der Waals surface area contributed by atoms with Crippen LogP contribution in [0.5, 0.6) is 0 Å². The van der Waals surface area contributed by atoms with Crippen molar-refractivity contribution in [1.82, 2.24) is 15.2 Å². The van der Waals surface area contributed by atoms with E-state index < -0.39 is 41.5 Å². The predicted octanol–water partition coefficient (Wildman–Crippen LogP) is 0.202. The van der Waals surface area contributed by atoms with Gasteiger partial charge in [0.15, 0.2) is 10.8 Å².